The average Bonchev–Trinajstić information content (AvgIpc) is 3.15. The molecule has 34 heavy (non-hydrogen) atoms. The summed E-state index contributed by atoms with van der Waals surface area (Å²) in [5.41, 5.74) is -0.818. The number of hydrogen-bond acceptors (Lipinski definition) is 12. The Bertz CT molecular complexity index is 1210. The number of β-lactam (4-membered cyclic amide) rings is 1. The van der Waals surface area contributed by atoms with Crippen molar-refractivity contribution >= 4 is 67.7 Å². The van der Waals surface area contributed by atoms with E-state index in [1.165, 1.54) is 17.1 Å². The molecule has 0 aromatic carbocycles. The number of fused-ring (bicyclic) bond motifs is 1. The van der Waals surface area contributed by atoms with E-state index < -0.39 is 45.7 Å². The first-order valence-electron chi connectivity index (χ1n) is 9.34. The summed E-state index contributed by atoms with van der Waals surface area (Å²) in [6.07, 6.45) is -0.428. The van der Waals surface area contributed by atoms with Crippen LogP contribution in [0.1, 0.15) is 19.0 Å². The third kappa shape index (κ3) is 5.65. The Morgan fingerprint density at radius 1 is 1.38 bits per heavy atom. The molecule has 0 bridgehead atoms. The number of anilines is 1. The summed E-state index contributed by atoms with van der Waals surface area (Å²) >= 11 is 2.14. The molecular weight excluding hydrogens is 514 g/mol. The van der Waals surface area contributed by atoms with Gasteiger partial charge in [0.25, 0.3) is 5.91 Å². The van der Waals surface area contributed by atoms with Gasteiger partial charge in [0.1, 0.15) is 18.5 Å². The van der Waals surface area contributed by atoms with Crippen LogP contribution >= 0.6 is 23.1 Å². The van der Waals surface area contributed by atoms with Crippen LogP contribution in [0.5, 0.6) is 0 Å². The fourth-order valence-corrected chi connectivity index (χ4v) is 5.90. The molecule has 2 aliphatic rings. The van der Waals surface area contributed by atoms with Crippen molar-refractivity contribution in [3.05, 3.63) is 22.3 Å². The van der Waals surface area contributed by atoms with E-state index in [4.69, 9.17) is 9.57 Å². The van der Waals surface area contributed by atoms with Crippen LogP contribution in [-0.4, -0.2) is 83.6 Å². The van der Waals surface area contributed by atoms with E-state index in [1.807, 2.05) is 0 Å². The van der Waals surface area contributed by atoms with Gasteiger partial charge in [-0.25, -0.2) is 18.2 Å². The Kier molecular flexibility index (Phi) is 7.47. The van der Waals surface area contributed by atoms with Crippen molar-refractivity contribution in [1.82, 2.24) is 15.2 Å². The van der Waals surface area contributed by atoms with Crippen LogP contribution in [0.4, 0.5) is 5.13 Å². The maximum absolute atomic E-state index is 13.0. The average molecular weight is 534 g/mol. The molecule has 17 heteroatoms. The number of carbonyl (C=O) groups excluding carboxylic acids is 3. The number of rotatable bonds is 9. The Hall–Kier alpha value is -3.18. The maximum atomic E-state index is 13.0. The molecule has 0 aliphatic carbocycles. The van der Waals surface area contributed by atoms with Gasteiger partial charge in [0, 0.05) is 23.6 Å². The molecular formula is C17H19N5O9S3. The van der Waals surface area contributed by atoms with Gasteiger partial charge < -0.3 is 20.0 Å². The van der Waals surface area contributed by atoms with Crippen molar-refractivity contribution in [3.63, 3.8) is 0 Å². The number of esters is 1. The molecule has 1 aromatic rings. The van der Waals surface area contributed by atoms with Gasteiger partial charge in [-0.15, -0.1) is 23.1 Å². The zero-order valence-electron chi connectivity index (χ0n) is 17.9. The molecule has 0 radical (unpaired) electrons. The summed E-state index contributed by atoms with van der Waals surface area (Å²) in [4.78, 5) is 58.4. The predicted octanol–water partition coefficient (Wildman–Crippen LogP) is -0.486. The largest absolute Gasteiger partial charge is 0.477 e. The van der Waals surface area contributed by atoms with Gasteiger partial charge in [-0.1, -0.05) is 5.16 Å². The third-order valence-corrected chi connectivity index (χ3v) is 7.06. The molecule has 0 spiro atoms. The van der Waals surface area contributed by atoms with Crippen LogP contribution in [-0.2, 0) is 38.8 Å². The summed E-state index contributed by atoms with van der Waals surface area (Å²) in [6.45, 7) is 1.07. The van der Waals surface area contributed by atoms with E-state index in [1.54, 1.807) is 0 Å². The third-order valence-electron chi connectivity index (χ3n) is 4.36. The number of thioether (sulfide) groups is 1. The van der Waals surface area contributed by atoms with Gasteiger partial charge in [0.15, 0.2) is 10.8 Å². The number of carboxylic acids is 1. The zero-order chi connectivity index (χ0) is 25.2. The topological polar surface area (TPSA) is 194 Å². The summed E-state index contributed by atoms with van der Waals surface area (Å²) in [7, 11) is -2.46. The molecule has 2 amide bonds. The van der Waals surface area contributed by atoms with Gasteiger partial charge in [-0.3, -0.25) is 24.0 Å². The first-order valence-corrected chi connectivity index (χ1v) is 13.2. The molecule has 0 saturated carbocycles. The molecule has 14 nitrogen and oxygen atoms in total. The lowest BCUT2D eigenvalue weighted by Crippen LogP contribution is -2.56. The van der Waals surface area contributed by atoms with Crippen LogP contribution in [0.15, 0.2) is 21.8 Å². The zero-order valence-corrected chi connectivity index (χ0v) is 20.4. The molecule has 184 valence electrons. The number of nitrogens with zero attached hydrogens (tertiary/aromatic N) is 3. The Morgan fingerprint density at radius 2 is 2.09 bits per heavy atom. The summed E-state index contributed by atoms with van der Waals surface area (Å²) in [5, 5.41) is 16.7. The number of aromatic nitrogens is 1. The van der Waals surface area contributed by atoms with Crippen molar-refractivity contribution in [3.8, 4) is 0 Å². The highest BCUT2D eigenvalue weighted by atomic mass is 32.2. The van der Waals surface area contributed by atoms with E-state index >= 15 is 0 Å². The molecule has 1 fully saturated rings. The normalized spacial score (nSPS) is 19.0. The number of oxime groups is 1. The number of hydrogen-bond donors (Lipinski definition) is 3. The minimum absolute atomic E-state index is 0.000160. The maximum Gasteiger partial charge on any atom is 0.352 e. The highest BCUT2D eigenvalue weighted by molar-refractivity contribution is 8.00. The summed E-state index contributed by atoms with van der Waals surface area (Å²) < 4.78 is 30.2. The van der Waals surface area contributed by atoms with E-state index in [-0.39, 0.29) is 39.6 Å². The lowest BCUT2D eigenvalue weighted by Gasteiger charge is -2.44. The van der Waals surface area contributed by atoms with Crippen LogP contribution in [0, 0.1) is 0 Å². The van der Waals surface area contributed by atoms with Crippen LogP contribution in [0.2, 0.25) is 0 Å². The quantitative estimate of drug-likeness (QED) is 0.122. The van der Waals surface area contributed by atoms with Gasteiger partial charge in [0.2, 0.25) is 22.2 Å². The van der Waals surface area contributed by atoms with Crippen molar-refractivity contribution in [2.24, 2.45) is 5.16 Å². The number of carboxylic acid groups (broad SMARTS) is 1. The van der Waals surface area contributed by atoms with Gasteiger partial charge in [-0.05, 0) is 0 Å². The highest BCUT2D eigenvalue weighted by Gasteiger charge is 2.47. The SMILES string of the molecule is CON=C(C(=O)NC(OC(C)=O)C1=C(C(=O)O)N2C(=O)C[C@H]2SC1)c1csc(NS(C)(=O)=O)n1. The number of ether oxygens (including phenoxy) is 1. The minimum atomic E-state index is -3.62. The number of amides is 2. The summed E-state index contributed by atoms with van der Waals surface area (Å²) in [6, 6.07) is 0. The molecule has 3 heterocycles. The molecule has 2 atom stereocenters. The fraction of sp³-hybridized carbons (Fsp3) is 0.412. The van der Waals surface area contributed by atoms with E-state index in [0.717, 1.165) is 36.5 Å². The second-order valence-electron chi connectivity index (χ2n) is 6.91. The lowest BCUT2D eigenvalue weighted by molar-refractivity contribution is -0.149. The summed E-state index contributed by atoms with van der Waals surface area (Å²) in [5.74, 6) is -3.52. The smallest absolute Gasteiger partial charge is 0.352 e. The first-order chi connectivity index (χ1) is 15.9. The number of nitrogens with one attached hydrogen (secondary N) is 2. The number of thiazole rings is 1. The van der Waals surface area contributed by atoms with Crippen molar-refractivity contribution in [2.45, 2.75) is 24.9 Å². The van der Waals surface area contributed by atoms with Crippen molar-refractivity contribution < 1.29 is 42.3 Å². The second-order valence-corrected chi connectivity index (χ2v) is 10.7. The predicted molar refractivity (Wildman–Crippen MR) is 120 cm³/mol. The van der Waals surface area contributed by atoms with Crippen LogP contribution in [0.3, 0.4) is 0 Å². The van der Waals surface area contributed by atoms with Crippen molar-refractivity contribution in [2.75, 3.05) is 23.8 Å². The standard InChI is InChI=1S/C17H19N5O9S3/c1-7(23)31-15(8-5-32-11-4-10(24)22(11)13(8)16(26)27)19-14(25)12(20-30-2)9-6-33-17(18-9)21-34(3,28)29/h6,11,15H,4-5H2,1-3H3,(H,18,21)(H,19,25)(H,26,27)/t11-,15?/m1/s1. The van der Waals surface area contributed by atoms with Crippen LogP contribution < -0.4 is 10.0 Å². The molecule has 3 rings (SSSR count). The lowest BCUT2D eigenvalue weighted by atomic mass is 10.1. The fourth-order valence-electron chi connectivity index (χ4n) is 3.06. The number of sulfonamides is 1. The van der Waals surface area contributed by atoms with Gasteiger partial charge in [0.05, 0.1) is 18.1 Å². The molecule has 3 N–H and O–H groups in total. The molecule has 1 saturated heterocycles. The van der Waals surface area contributed by atoms with Gasteiger partial charge in [-0.2, -0.15) is 0 Å². The molecule has 2 aliphatic heterocycles. The second kappa shape index (κ2) is 9.98. The first kappa shape index (κ1) is 25.4. The minimum Gasteiger partial charge on any atom is -0.477 e. The Labute approximate surface area is 201 Å². The molecule has 1 aromatic heterocycles. The monoisotopic (exact) mass is 533 g/mol. The van der Waals surface area contributed by atoms with E-state index in [0.29, 0.717) is 0 Å². The number of aliphatic carboxylic acids is 1. The number of carbonyl (C=O) groups is 4. The van der Waals surface area contributed by atoms with E-state index in [9.17, 15) is 32.7 Å². The Balaban J connectivity index is 1.93. The highest BCUT2D eigenvalue weighted by Crippen LogP contribution is 2.41. The van der Waals surface area contributed by atoms with Crippen molar-refractivity contribution in [1.29, 1.82) is 0 Å². The van der Waals surface area contributed by atoms with Gasteiger partial charge >= 0.3 is 11.9 Å². The molecule has 1 unspecified atom stereocenters. The van der Waals surface area contributed by atoms with Crippen LogP contribution in [0.25, 0.3) is 0 Å². The van der Waals surface area contributed by atoms with E-state index in [2.05, 4.69) is 20.2 Å². The Morgan fingerprint density at radius 3 is 2.65 bits per heavy atom.